The second kappa shape index (κ2) is 7.62. The molecule has 0 aliphatic heterocycles. The third kappa shape index (κ3) is 4.34. The van der Waals surface area contributed by atoms with Crippen LogP contribution in [0.4, 0.5) is 37.6 Å². The van der Waals surface area contributed by atoms with Crippen LogP contribution >= 0.6 is 15.9 Å². The molecule has 0 radical (unpaired) electrons. The van der Waals surface area contributed by atoms with Gasteiger partial charge in [0.05, 0.1) is 10.6 Å². The topological polar surface area (TPSA) is 93.0 Å². The van der Waals surface area contributed by atoms with E-state index >= 15 is 0 Å². The number of hydrogen-bond donors (Lipinski definition) is 2. The Morgan fingerprint density at radius 1 is 1.11 bits per heavy atom. The number of benzene rings is 2. The molecule has 0 spiro atoms. The summed E-state index contributed by atoms with van der Waals surface area (Å²) in [7, 11) is 0. The van der Waals surface area contributed by atoms with Gasteiger partial charge in [-0.1, -0.05) is 15.9 Å². The van der Waals surface area contributed by atoms with Gasteiger partial charge in [-0.05, 0) is 37.3 Å². The van der Waals surface area contributed by atoms with E-state index in [1.165, 1.54) is 18.3 Å². The fourth-order valence-corrected chi connectivity index (χ4v) is 2.54. The Bertz CT molecular complexity index is 1030. The molecule has 1 heterocycles. The second-order valence-corrected chi connectivity index (χ2v) is 6.44. The van der Waals surface area contributed by atoms with Crippen LogP contribution in [0.3, 0.4) is 0 Å². The number of rotatable bonds is 5. The monoisotopic (exact) mass is 435 g/mol. The van der Waals surface area contributed by atoms with Gasteiger partial charge < -0.3 is 10.6 Å². The van der Waals surface area contributed by atoms with Gasteiger partial charge in [-0.25, -0.2) is 9.37 Å². The number of halogens is 3. The van der Waals surface area contributed by atoms with Crippen LogP contribution in [0.15, 0.2) is 47.1 Å². The highest BCUT2D eigenvalue weighted by Crippen LogP contribution is 2.26. The van der Waals surface area contributed by atoms with Gasteiger partial charge in [0.15, 0.2) is 0 Å². The summed E-state index contributed by atoms with van der Waals surface area (Å²) in [6.45, 7) is 1.74. The van der Waals surface area contributed by atoms with E-state index < -0.39 is 22.2 Å². The summed E-state index contributed by atoms with van der Waals surface area (Å²) in [5.74, 6) is -0.943. The molecule has 2 aromatic carbocycles. The molecule has 7 nitrogen and oxygen atoms in total. The third-order valence-electron chi connectivity index (χ3n) is 3.55. The molecule has 0 aliphatic rings. The minimum absolute atomic E-state index is 0.113. The molecule has 138 valence electrons. The van der Waals surface area contributed by atoms with E-state index in [1.807, 2.05) is 0 Å². The number of aromatic nitrogens is 2. The average molecular weight is 436 g/mol. The maximum Gasteiger partial charge on any atom is 0.306 e. The van der Waals surface area contributed by atoms with E-state index in [0.29, 0.717) is 15.9 Å². The summed E-state index contributed by atoms with van der Waals surface area (Å²) in [6, 6.07) is 7.89. The molecular weight excluding hydrogens is 424 g/mol. The molecule has 1 aromatic heterocycles. The summed E-state index contributed by atoms with van der Waals surface area (Å²) in [5.41, 5.74) is 0.464. The highest BCUT2D eigenvalue weighted by Gasteiger charge is 2.15. The predicted molar refractivity (Wildman–Crippen MR) is 100 cm³/mol. The lowest BCUT2D eigenvalue weighted by Crippen LogP contribution is -2.04. The van der Waals surface area contributed by atoms with Crippen LogP contribution in [-0.2, 0) is 0 Å². The highest BCUT2D eigenvalue weighted by atomic mass is 79.9. The minimum atomic E-state index is -0.941. The number of nitro benzene ring substituents is 1. The van der Waals surface area contributed by atoms with E-state index in [4.69, 9.17) is 0 Å². The largest absolute Gasteiger partial charge is 0.337 e. The number of nitro groups is 1. The molecule has 0 atom stereocenters. The Morgan fingerprint density at radius 2 is 1.89 bits per heavy atom. The average Bonchev–Trinajstić information content (AvgIpc) is 2.61. The number of hydrogen-bond acceptors (Lipinski definition) is 6. The molecule has 10 heteroatoms. The van der Waals surface area contributed by atoms with Crippen LogP contribution in [-0.4, -0.2) is 14.9 Å². The molecule has 0 aliphatic carbocycles. The highest BCUT2D eigenvalue weighted by molar-refractivity contribution is 9.10. The first-order valence-corrected chi connectivity index (χ1v) is 8.39. The number of aryl methyl sites for hydroxylation is 1. The maximum absolute atomic E-state index is 14.0. The Hall–Kier alpha value is -3.14. The summed E-state index contributed by atoms with van der Waals surface area (Å²) < 4.78 is 28.1. The van der Waals surface area contributed by atoms with Crippen molar-refractivity contribution in [3.05, 3.63) is 74.4 Å². The van der Waals surface area contributed by atoms with Gasteiger partial charge in [-0.15, -0.1) is 0 Å². The Balaban J connectivity index is 1.87. The molecule has 0 saturated heterocycles. The van der Waals surface area contributed by atoms with Crippen molar-refractivity contribution in [2.24, 2.45) is 0 Å². The van der Waals surface area contributed by atoms with Gasteiger partial charge in [-0.2, -0.15) is 9.37 Å². The smallest absolute Gasteiger partial charge is 0.306 e. The van der Waals surface area contributed by atoms with E-state index in [9.17, 15) is 18.9 Å². The van der Waals surface area contributed by atoms with Gasteiger partial charge >= 0.3 is 5.69 Å². The van der Waals surface area contributed by atoms with Crippen LogP contribution < -0.4 is 10.6 Å². The fraction of sp³-hybridized carbons (Fsp3) is 0.0588. The maximum atomic E-state index is 14.0. The van der Waals surface area contributed by atoms with Gasteiger partial charge in [0.1, 0.15) is 11.6 Å². The van der Waals surface area contributed by atoms with Crippen molar-refractivity contribution in [2.45, 2.75) is 6.92 Å². The zero-order valence-corrected chi connectivity index (χ0v) is 15.4. The Labute approximate surface area is 160 Å². The molecule has 2 N–H and O–H groups in total. The lowest BCUT2D eigenvalue weighted by atomic mass is 10.2. The third-order valence-corrected chi connectivity index (χ3v) is 4.05. The van der Waals surface area contributed by atoms with Crippen molar-refractivity contribution in [3.8, 4) is 0 Å². The van der Waals surface area contributed by atoms with Crippen LogP contribution in [0, 0.1) is 28.7 Å². The normalized spacial score (nSPS) is 10.5. The Kier molecular flexibility index (Phi) is 5.26. The minimum Gasteiger partial charge on any atom is -0.337 e. The fourth-order valence-electron chi connectivity index (χ4n) is 2.21. The van der Waals surface area contributed by atoms with Crippen molar-refractivity contribution in [2.75, 3.05) is 10.6 Å². The van der Waals surface area contributed by atoms with E-state index in [1.54, 1.807) is 19.1 Å². The summed E-state index contributed by atoms with van der Waals surface area (Å²) in [4.78, 5) is 18.4. The zero-order valence-electron chi connectivity index (χ0n) is 13.8. The molecule has 3 rings (SSSR count). The molecule has 27 heavy (non-hydrogen) atoms. The van der Waals surface area contributed by atoms with Crippen LogP contribution in [0.1, 0.15) is 5.56 Å². The van der Waals surface area contributed by atoms with Crippen molar-refractivity contribution < 1.29 is 13.7 Å². The van der Waals surface area contributed by atoms with Crippen LogP contribution in [0.25, 0.3) is 0 Å². The van der Waals surface area contributed by atoms with Crippen molar-refractivity contribution in [3.63, 3.8) is 0 Å². The lowest BCUT2D eigenvalue weighted by Gasteiger charge is -2.12. The molecule has 0 amide bonds. The predicted octanol–water partition coefficient (Wildman–Crippen LogP) is 5.22. The van der Waals surface area contributed by atoms with Gasteiger partial charge in [0, 0.05) is 28.0 Å². The van der Waals surface area contributed by atoms with E-state index in [-0.39, 0.29) is 17.3 Å². The summed E-state index contributed by atoms with van der Waals surface area (Å²) >= 11 is 3.19. The van der Waals surface area contributed by atoms with E-state index in [0.717, 1.165) is 12.1 Å². The van der Waals surface area contributed by atoms with Crippen molar-refractivity contribution >= 4 is 44.8 Å². The standard InChI is InChI=1S/C17H12BrF2N5O2/c1-9-8-21-17(22-11-3-4-12(19)15(7-11)25(26)27)24-16(9)23-14-5-2-10(18)6-13(14)20/h2-8H,1H3,(H2,21,22,23,24). The molecule has 3 aromatic rings. The van der Waals surface area contributed by atoms with Gasteiger partial charge in [0.2, 0.25) is 11.8 Å². The quantitative estimate of drug-likeness (QED) is 0.421. The lowest BCUT2D eigenvalue weighted by molar-refractivity contribution is -0.387. The van der Waals surface area contributed by atoms with E-state index in [2.05, 4.69) is 36.5 Å². The first-order chi connectivity index (χ1) is 12.8. The molecule has 0 bridgehead atoms. The number of nitrogens with zero attached hydrogens (tertiary/aromatic N) is 3. The SMILES string of the molecule is Cc1cnc(Nc2ccc(F)c([N+](=O)[O-])c2)nc1Nc1ccc(Br)cc1F. The molecular formula is C17H12BrF2N5O2. The number of nitrogens with one attached hydrogen (secondary N) is 2. The van der Waals surface area contributed by atoms with Crippen LogP contribution in [0.5, 0.6) is 0 Å². The zero-order chi connectivity index (χ0) is 19.6. The van der Waals surface area contributed by atoms with Gasteiger partial charge in [-0.3, -0.25) is 10.1 Å². The first-order valence-electron chi connectivity index (χ1n) is 7.60. The summed E-state index contributed by atoms with van der Waals surface area (Å²) in [5, 5.41) is 16.5. The molecule has 0 saturated carbocycles. The van der Waals surface area contributed by atoms with Gasteiger partial charge in [0.25, 0.3) is 0 Å². The Morgan fingerprint density at radius 3 is 2.59 bits per heavy atom. The molecule has 0 unspecified atom stereocenters. The second-order valence-electron chi connectivity index (χ2n) is 5.52. The van der Waals surface area contributed by atoms with Crippen molar-refractivity contribution in [1.29, 1.82) is 0 Å². The van der Waals surface area contributed by atoms with Crippen molar-refractivity contribution in [1.82, 2.24) is 9.97 Å². The summed E-state index contributed by atoms with van der Waals surface area (Å²) in [6.07, 6.45) is 1.51. The number of anilines is 4. The molecule has 0 fully saturated rings. The first kappa shape index (κ1) is 18.6. The van der Waals surface area contributed by atoms with Crippen LogP contribution in [0.2, 0.25) is 0 Å².